The van der Waals surface area contributed by atoms with Crippen molar-refractivity contribution in [3.05, 3.63) is 23.3 Å². The topological polar surface area (TPSA) is 46.5 Å². The van der Waals surface area contributed by atoms with Crippen LogP contribution in [0.2, 0.25) is 0 Å². The van der Waals surface area contributed by atoms with E-state index in [1.54, 1.807) is 0 Å². The quantitative estimate of drug-likeness (QED) is 0.866. The molecule has 3 rings (SSSR count). The molecule has 0 bridgehead atoms. The molecular weight excluding hydrogens is 312 g/mol. The summed E-state index contributed by atoms with van der Waals surface area (Å²) in [6.07, 6.45) is -3.73. The zero-order valence-electron chi connectivity index (χ0n) is 10.7. The molecule has 0 spiro atoms. The standard InChI is InChI=1S/C13H12F4O3S/c14-12(15)9-7(20-5-6-1-2-6)3-4-8-10(9)11(18)13(16,17)21(8)19/h3-4,6,11-12,18H,1-2,5H2. The molecule has 0 amide bonds. The van der Waals surface area contributed by atoms with Crippen LogP contribution in [0.25, 0.3) is 0 Å². The highest BCUT2D eigenvalue weighted by Crippen LogP contribution is 2.51. The predicted molar refractivity (Wildman–Crippen MR) is 65.9 cm³/mol. The van der Waals surface area contributed by atoms with Crippen LogP contribution < -0.4 is 4.74 Å². The lowest BCUT2D eigenvalue weighted by Gasteiger charge is -2.17. The van der Waals surface area contributed by atoms with Gasteiger partial charge in [0.05, 0.1) is 17.1 Å². The van der Waals surface area contributed by atoms with Crippen molar-refractivity contribution in [2.75, 3.05) is 6.61 Å². The molecule has 1 aromatic rings. The van der Waals surface area contributed by atoms with Crippen molar-refractivity contribution >= 4 is 10.8 Å². The van der Waals surface area contributed by atoms with Gasteiger partial charge in [0.15, 0.2) is 6.10 Å². The molecule has 1 aliphatic carbocycles. The highest BCUT2D eigenvalue weighted by molar-refractivity contribution is 7.86. The van der Waals surface area contributed by atoms with E-state index in [1.807, 2.05) is 0 Å². The molecule has 0 radical (unpaired) electrons. The first-order chi connectivity index (χ1) is 9.84. The summed E-state index contributed by atoms with van der Waals surface area (Å²) in [5.74, 6) is 0.0636. The number of rotatable bonds is 4. The fourth-order valence-corrected chi connectivity index (χ4v) is 3.53. The Balaban J connectivity index is 2.06. The molecule has 21 heavy (non-hydrogen) atoms. The zero-order chi connectivity index (χ0) is 15.4. The Labute approximate surface area is 120 Å². The van der Waals surface area contributed by atoms with Crippen molar-refractivity contribution in [1.29, 1.82) is 0 Å². The number of hydrogen-bond donors (Lipinski definition) is 1. The van der Waals surface area contributed by atoms with E-state index in [1.165, 1.54) is 0 Å². The summed E-state index contributed by atoms with van der Waals surface area (Å²) in [6, 6.07) is 2.18. The van der Waals surface area contributed by atoms with Crippen LogP contribution in [-0.2, 0) is 10.8 Å². The molecule has 2 aliphatic rings. The predicted octanol–water partition coefficient (Wildman–Crippen LogP) is 3.16. The molecule has 1 N–H and O–H groups in total. The fraction of sp³-hybridized carbons (Fsp3) is 0.538. The number of ether oxygens (including phenoxy) is 1. The molecule has 1 heterocycles. The van der Waals surface area contributed by atoms with Crippen LogP contribution in [0.5, 0.6) is 5.75 Å². The summed E-state index contributed by atoms with van der Waals surface area (Å²) in [7, 11) is -2.85. The Morgan fingerprint density at radius 1 is 1.38 bits per heavy atom. The van der Waals surface area contributed by atoms with Gasteiger partial charge in [0.25, 0.3) is 6.43 Å². The minimum absolute atomic E-state index is 0.230. The maximum absolute atomic E-state index is 13.6. The van der Waals surface area contributed by atoms with Crippen LogP contribution in [0.1, 0.15) is 36.5 Å². The van der Waals surface area contributed by atoms with Crippen LogP contribution in [0.4, 0.5) is 17.6 Å². The third kappa shape index (κ3) is 2.34. The molecule has 3 nitrogen and oxygen atoms in total. The number of aliphatic hydroxyl groups is 1. The third-order valence-corrected chi connectivity index (χ3v) is 5.11. The van der Waals surface area contributed by atoms with Crippen molar-refractivity contribution < 1.29 is 31.6 Å². The van der Waals surface area contributed by atoms with Gasteiger partial charge in [-0.25, -0.2) is 13.0 Å². The van der Waals surface area contributed by atoms with E-state index in [2.05, 4.69) is 0 Å². The molecule has 2 atom stereocenters. The summed E-state index contributed by atoms with van der Waals surface area (Å²) in [5.41, 5.74) is -1.45. The molecule has 1 aromatic carbocycles. The Morgan fingerprint density at radius 2 is 2.05 bits per heavy atom. The largest absolute Gasteiger partial charge is 0.493 e. The molecule has 1 saturated carbocycles. The van der Waals surface area contributed by atoms with Gasteiger partial charge in [-0.05, 0) is 30.9 Å². The molecule has 1 aliphatic heterocycles. The van der Waals surface area contributed by atoms with Crippen molar-refractivity contribution in [3.8, 4) is 5.75 Å². The van der Waals surface area contributed by atoms with Gasteiger partial charge in [-0.2, -0.15) is 8.78 Å². The van der Waals surface area contributed by atoms with Gasteiger partial charge in [0.2, 0.25) is 0 Å². The Kier molecular flexibility index (Phi) is 3.48. The monoisotopic (exact) mass is 324 g/mol. The minimum Gasteiger partial charge on any atom is -0.493 e. The van der Waals surface area contributed by atoms with E-state index >= 15 is 0 Å². The first-order valence-corrected chi connectivity index (χ1v) is 7.54. The third-order valence-electron chi connectivity index (χ3n) is 3.64. The number of aliphatic hydroxyl groups excluding tert-OH is 1. The molecule has 0 saturated heterocycles. The van der Waals surface area contributed by atoms with Gasteiger partial charge in [0, 0.05) is 5.56 Å². The summed E-state index contributed by atoms with van der Waals surface area (Å²) in [4.78, 5) is -0.457. The number of fused-ring (bicyclic) bond motifs is 1. The van der Waals surface area contributed by atoms with Crippen molar-refractivity contribution in [2.24, 2.45) is 5.92 Å². The summed E-state index contributed by atoms with van der Waals surface area (Å²) < 4.78 is 70.5. The lowest BCUT2D eigenvalue weighted by molar-refractivity contribution is -0.0361. The highest BCUT2D eigenvalue weighted by Gasteiger charge is 2.56. The average molecular weight is 324 g/mol. The smallest absolute Gasteiger partial charge is 0.354 e. The van der Waals surface area contributed by atoms with Gasteiger partial charge in [-0.15, -0.1) is 0 Å². The van der Waals surface area contributed by atoms with Gasteiger partial charge in [-0.1, -0.05) is 0 Å². The first kappa shape index (κ1) is 14.8. The first-order valence-electron chi connectivity index (χ1n) is 6.39. The van der Waals surface area contributed by atoms with Crippen LogP contribution in [0, 0.1) is 5.92 Å². The number of hydrogen-bond acceptors (Lipinski definition) is 3. The lowest BCUT2D eigenvalue weighted by Crippen LogP contribution is -2.24. The van der Waals surface area contributed by atoms with E-state index in [-0.39, 0.29) is 12.4 Å². The van der Waals surface area contributed by atoms with Crippen LogP contribution in [-0.4, -0.2) is 21.2 Å². The Hall–Kier alpha value is -1.15. The second-order valence-corrected chi connectivity index (χ2v) is 6.70. The van der Waals surface area contributed by atoms with Crippen LogP contribution >= 0.6 is 0 Å². The van der Waals surface area contributed by atoms with Crippen LogP contribution in [0.3, 0.4) is 0 Å². The summed E-state index contributed by atoms with van der Waals surface area (Å²) in [5, 5.41) is 5.62. The molecule has 116 valence electrons. The molecule has 0 aromatic heterocycles. The fourth-order valence-electron chi connectivity index (χ4n) is 2.30. The minimum atomic E-state index is -3.97. The van der Waals surface area contributed by atoms with Crippen molar-refractivity contribution in [2.45, 2.75) is 35.5 Å². The Morgan fingerprint density at radius 3 is 2.62 bits per heavy atom. The van der Waals surface area contributed by atoms with E-state index in [0.717, 1.165) is 25.0 Å². The second-order valence-electron chi connectivity index (χ2n) is 5.18. The SMILES string of the molecule is O=S1c2ccc(OCC3CC3)c(C(F)F)c2C(O)C1(F)F. The molecule has 2 unspecified atom stereocenters. The van der Waals surface area contributed by atoms with Gasteiger partial charge in [-0.3, -0.25) is 0 Å². The van der Waals surface area contributed by atoms with Gasteiger partial charge < -0.3 is 9.84 Å². The van der Waals surface area contributed by atoms with Crippen LogP contribution in [0.15, 0.2) is 17.0 Å². The Bertz CT molecular complexity index is 601. The van der Waals surface area contributed by atoms with E-state index in [9.17, 15) is 26.9 Å². The maximum atomic E-state index is 13.6. The summed E-state index contributed by atoms with van der Waals surface area (Å²) >= 11 is 0. The lowest BCUT2D eigenvalue weighted by atomic mass is 10.0. The second kappa shape index (κ2) is 4.95. The highest BCUT2D eigenvalue weighted by atomic mass is 32.2. The molecule has 1 fully saturated rings. The zero-order valence-corrected chi connectivity index (χ0v) is 11.5. The average Bonchev–Trinajstić information content (AvgIpc) is 3.23. The van der Waals surface area contributed by atoms with E-state index < -0.39 is 44.6 Å². The maximum Gasteiger partial charge on any atom is 0.354 e. The molecule has 8 heteroatoms. The number of benzene rings is 1. The number of halogens is 4. The van der Waals surface area contributed by atoms with Gasteiger partial charge in [0.1, 0.15) is 16.5 Å². The summed E-state index contributed by atoms with van der Waals surface area (Å²) in [6.45, 7) is 0.230. The van der Waals surface area contributed by atoms with E-state index in [0.29, 0.717) is 5.92 Å². The normalized spacial score (nSPS) is 27.0. The molecular formula is C13H12F4O3S. The van der Waals surface area contributed by atoms with Crippen molar-refractivity contribution in [3.63, 3.8) is 0 Å². The van der Waals surface area contributed by atoms with Gasteiger partial charge >= 0.3 is 5.25 Å². The number of alkyl halides is 4. The van der Waals surface area contributed by atoms with Crippen molar-refractivity contribution in [1.82, 2.24) is 0 Å². The van der Waals surface area contributed by atoms with E-state index in [4.69, 9.17) is 4.74 Å².